The van der Waals surface area contributed by atoms with E-state index >= 15 is 0 Å². The average Bonchev–Trinajstić information content (AvgIpc) is 3.20. The van der Waals surface area contributed by atoms with Gasteiger partial charge in [-0.1, -0.05) is 218 Å². The van der Waals surface area contributed by atoms with Crippen LogP contribution >= 0.6 is 0 Å². The third-order valence-electron chi connectivity index (χ3n) is 11.3. The maximum Gasteiger partial charge on any atom is 0.305 e. The molecule has 0 aliphatic rings. The topological polar surface area (TPSA) is 95.9 Å². The lowest BCUT2D eigenvalue weighted by Crippen LogP contribution is -2.45. The van der Waals surface area contributed by atoms with Gasteiger partial charge in [-0.2, -0.15) is 0 Å². The quantitative estimate of drug-likeness (QED) is 0.0324. The monoisotopic (exact) mass is 790 g/mol. The smallest absolute Gasteiger partial charge is 0.305 e. The summed E-state index contributed by atoms with van der Waals surface area (Å²) in [5.74, 6) is -0.0574. The molecule has 0 bridgehead atoms. The fourth-order valence-electron chi connectivity index (χ4n) is 7.42. The SMILES string of the molecule is CCCC/C=C\C/C=C\CCCCCCCC(=O)OCCCCCCCCCCCCCCCCCCC(=O)NC(CO)C(O)CCCCCCCCCCC. The number of nitrogens with one attached hydrogen (secondary N) is 1. The molecule has 1 amide bonds. The van der Waals surface area contributed by atoms with Gasteiger partial charge in [-0.15, -0.1) is 0 Å². The van der Waals surface area contributed by atoms with E-state index in [0.717, 1.165) is 57.8 Å². The van der Waals surface area contributed by atoms with Crippen LogP contribution in [0.3, 0.4) is 0 Å². The highest BCUT2D eigenvalue weighted by Crippen LogP contribution is 2.16. The van der Waals surface area contributed by atoms with Gasteiger partial charge in [0.05, 0.1) is 25.4 Å². The van der Waals surface area contributed by atoms with Crippen LogP contribution in [-0.2, 0) is 14.3 Å². The number of carbonyl (C=O) groups excluding carboxylic acids is 2. The van der Waals surface area contributed by atoms with Crippen molar-refractivity contribution in [3.63, 3.8) is 0 Å². The lowest BCUT2D eigenvalue weighted by molar-refractivity contribution is -0.143. The van der Waals surface area contributed by atoms with E-state index in [1.165, 1.54) is 167 Å². The predicted octanol–water partition coefficient (Wildman–Crippen LogP) is 14.3. The van der Waals surface area contributed by atoms with Crippen molar-refractivity contribution < 1.29 is 24.5 Å². The number of esters is 1. The van der Waals surface area contributed by atoms with E-state index in [4.69, 9.17) is 4.74 Å². The summed E-state index contributed by atoms with van der Waals surface area (Å²) in [4.78, 5) is 24.4. The minimum absolute atomic E-state index is 0.0121. The lowest BCUT2D eigenvalue weighted by atomic mass is 10.0. The molecule has 0 radical (unpaired) electrons. The third-order valence-corrected chi connectivity index (χ3v) is 11.3. The molecule has 0 aliphatic carbocycles. The van der Waals surface area contributed by atoms with Gasteiger partial charge in [0.2, 0.25) is 5.91 Å². The second-order valence-electron chi connectivity index (χ2n) is 16.8. The number of aliphatic hydroxyl groups excluding tert-OH is 2. The number of hydrogen-bond acceptors (Lipinski definition) is 5. The summed E-state index contributed by atoms with van der Waals surface area (Å²) < 4.78 is 5.45. The van der Waals surface area contributed by atoms with Gasteiger partial charge >= 0.3 is 5.97 Å². The van der Waals surface area contributed by atoms with Crippen molar-refractivity contribution in [1.82, 2.24) is 5.32 Å². The second-order valence-corrected chi connectivity index (χ2v) is 16.8. The second kappa shape index (κ2) is 46.0. The summed E-state index contributed by atoms with van der Waals surface area (Å²) in [7, 11) is 0. The molecule has 0 fully saturated rings. The van der Waals surface area contributed by atoms with Gasteiger partial charge in [0.1, 0.15) is 0 Å². The van der Waals surface area contributed by atoms with Gasteiger partial charge in [0.15, 0.2) is 0 Å². The highest BCUT2D eigenvalue weighted by molar-refractivity contribution is 5.76. The van der Waals surface area contributed by atoms with Crippen LogP contribution < -0.4 is 5.32 Å². The Bertz CT molecular complexity index is 874. The molecule has 2 atom stereocenters. The van der Waals surface area contributed by atoms with Gasteiger partial charge in [0, 0.05) is 12.8 Å². The van der Waals surface area contributed by atoms with Gasteiger partial charge in [-0.05, 0) is 51.4 Å². The highest BCUT2D eigenvalue weighted by atomic mass is 16.5. The molecule has 0 aromatic heterocycles. The number of ether oxygens (including phenoxy) is 1. The molecule has 330 valence electrons. The zero-order valence-corrected chi connectivity index (χ0v) is 37.4. The summed E-state index contributed by atoms with van der Waals surface area (Å²) in [6.07, 6.45) is 52.9. The number of amides is 1. The number of allylic oxidation sites excluding steroid dienone is 4. The average molecular weight is 790 g/mol. The van der Waals surface area contributed by atoms with E-state index in [9.17, 15) is 19.8 Å². The maximum absolute atomic E-state index is 12.4. The Morgan fingerprint density at radius 1 is 0.500 bits per heavy atom. The van der Waals surface area contributed by atoms with Crippen LogP contribution in [-0.4, -0.2) is 47.4 Å². The Morgan fingerprint density at radius 2 is 0.911 bits per heavy atom. The molecule has 0 rings (SSSR count). The van der Waals surface area contributed by atoms with Crippen molar-refractivity contribution in [3.05, 3.63) is 24.3 Å². The molecular formula is C50H95NO5. The van der Waals surface area contributed by atoms with Crippen LogP contribution in [0.15, 0.2) is 24.3 Å². The number of rotatable bonds is 45. The molecule has 0 saturated carbocycles. The van der Waals surface area contributed by atoms with Gasteiger partial charge in [0.25, 0.3) is 0 Å². The summed E-state index contributed by atoms with van der Waals surface area (Å²) in [5, 5.41) is 23.0. The van der Waals surface area contributed by atoms with Crippen molar-refractivity contribution in [2.45, 2.75) is 270 Å². The third kappa shape index (κ3) is 42.0. The Labute approximate surface area is 348 Å². The minimum Gasteiger partial charge on any atom is -0.466 e. The summed E-state index contributed by atoms with van der Waals surface area (Å²) in [5.41, 5.74) is 0. The van der Waals surface area contributed by atoms with E-state index in [2.05, 4.69) is 43.5 Å². The van der Waals surface area contributed by atoms with E-state index in [1.807, 2.05) is 0 Å². The standard InChI is InChI=1S/C50H95NO5/c1-3-5-7-9-11-13-14-15-21-24-28-32-36-40-44-50(55)56-45-41-37-33-29-25-22-19-17-16-18-20-23-27-31-35-39-43-49(54)51-47(46-52)48(53)42-38-34-30-26-12-10-8-6-4-2/h9,11,14-15,47-48,52-53H,3-8,10,12-13,16-46H2,1-2H3,(H,51,54)/b11-9-,15-14-. The zero-order valence-electron chi connectivity index (χ0n) is 37.4. The van der Waals surface area contributed by atoms with Crippen LogP contribution in [0.4, 0.5) is 0 Å². The Kier molecular flexibility index (Phi) is 44.7. The first-order valence-electron chi connectivity index (χ1n) is 24.6. The van der Waals surface area contributed by atoms with E-state index in [1.54, 1.807) is 0 Å². The Morgan fingerprint density at radius 3 is 1.41 bits per heavy atom. The van der Waals surface area contributed by atoms with Crippen LogP contribution in [0.25, 0.3) is 0 Å². The number of aliphatic hydroxyl groups is 2. The van der Waals surface area contributed by atoms with Crippen LogP contribution in [0.5, 0.6) is 0 Å². The number of unbranched alkanes of at least 4 members (excludes halogenated alkanes) is 30. The molecule has 0 heterocycles. The zero-order chi connectivity index (χ0) is 40.8. The molecule has 56 heavy (non-hydrogen) atoms. The summed E-state index contributed by atoms with van der Waals surface area (Å²) in [6, 6.07) is -0.544. The molecule has 6 heteroatoms. The fourth-order valence-corrected chi connectivity index (χ4v) is 7.42. The molecule has 2 unspecified atom stereocenters. The van der Waals surface area contributed by atoms with Crippen molar-refractivity contribution in [1.29, 1.82) is 0 Å². The molecule has 0 aromatic rings. The van der Waals surface area contributed by atoms with Crippen molar-refractivity contribution in [2.24, 2.45) is 0 Å². The first-order chi connectivity index (χ1) is 27.5. The minimum atomic E-state index is -0.666. The Balaban J connectivity index is 3.41. The molecule has 0 saturated heterocycles. The summed E-state index contributed by atoms with van der Waals surface area (Å²) in [6.45, 7) is 4.86. The van der Waals surface area contributed by atoms with Gasteiger partial charge in [-0.3, -0.25) is 9.59 Å². The fraction of sp³-hybridized carbons (Fsp3) is 0.880. The van der Waals surface area contributed by atoms with Crippen molar-refractivity contribution in [2.75, 3.05) is 13.2 Å². The van der Waals surface area contributed by atoms with Gasteiger partial charge in [-0.25, -0.2) is 0 Å². The normalized spacial score (nSPS) is 12.9. The molecule has 0 aliphatic heterocycles. The highest BCUT2D eigenvalue weighted by Gasteiger charge is 2.20. The van der Waals surface area contributed by atoms with E-state index < -0.39 is 12.1 Å². The molecular weight excluding hydrogens is 695 g/mol. The Hall–Kier alpha value is -1.66. The first kappa shape index (κ1) is 54.3. The predicted molar refractivity (Wildman–Crippen MR) is 241 cm³/mol. The van der Waals surface area contributed by atoms with Crippen LogP contribution in [0.1, 0.15) is 258 Å². The first-order valence-corrected chi connectivity index (χ1v) is 24.6. The molecule has 6 nitrogen and oxygen atoms in total. The molecule has 0 spiro atoms. The van der Waals surface area contributed by atoms with Crippen LogP contribution in [0, 0.1) is 0 Å². The van der Waals surface area contributed by atoms with Crippen molar-refractivity contribution in [3.8, 4) is 0 Å². The van der Waals surface area contributed by atoms with E-state index in [-0.39, 0.29) is 18.5 Å². The molecule has 3 N–H and O–H groups in total. The number of carbonyl (C=O) groups is 2. The largest absolute Gasteiger partial charge is 0.466 e. The van der Waals surface area contributed by atoms with E-state index in [0.29, 0.717) is 25.9 Å². The summed E-state index contributed by atoms with van der Waals surface area (Å²) >= 11 is 0. The lowest BCUT2D eigenvalue weighted by Gasteiger charge is -2.22. The van der Waals surface area contributed by atoms with Crippen LogP contribution in [0.2, 0.25) is 0 Å². The maximum atomic E-state index is 12.4. The van der Waals surface area contributed by atoms with Crippen molar-refractivity contribution >= 4 is 11.9 Å². The number of hydrogen-bond donors (Lipinski definition) is 3. The molecule has 0 aromatic carbocycles. The van der Waals surface area contributed by atoms with Gasteiger partial charge < -0.3 is 20.3 Å².